The minimum atomic E-state index is -0.247. The van der Waals surface area contributed by atoms with Crippen molar-refractivity contribution in [3.05, 3.63) is 11.7 Å². The lowest BCUT2D eigenvalue weighted by atomic mass is 9.96. The monoisotopic (exact) mass is 350 g/mol. The Morgan fingerprint density at radius 3 is 2.68 bits per heavy atom. The molecule has 1 aliphatic rings. The summed E-state index contributed by atoms with van der Waals surface area (Å²) in [6, 6.07) is 0.185. The van der Waals surface area contributed by atoms with Crippen LogP contribution in [0.25, 0.3) is 0 Å². The Hall–Kier alpha value is -2.12. The van der Waals surface area contributed by atoms with E-state index in [9.17, 15) is 4.79 Å². The van der Waals surface area contributed by atoms with E-state index in [4.69, 9.17) is 4.52 Å². The van der Waals surface area contributed by atoms with Gasteiger partial charge in [-0.05, 0) is 41.5 Å². The molecule has 2 rings (SSSR count). The number of nitrogens with one attached hydrogen (secondary N) is 1. The maximum Gasteiger partial charge on any atom is 0.242 e. The normalized spacial score (nSPS) is 18.2. The molecule has 2 heterocycles. The third kappa shape index (κ3) is 4.70. The molecular weight excluding hydrogens is 320 g/mol. The molecule has 0 aliphatic carbocycles. The molecule has 1 fully saturated rings. The Balaban J connectivity index is 2.08. The fourth-order valence-corrected chi connectivity index (χ4v) is 3.44. The molecule has 0 radical (unpaired) electrons. The molecule has 8 nitrogen and oxygen atoms in total. The number of carbonyl (C=O) groups excluding carboxylic acids is 1. The number of aryl methyl sites for hydroxylation is 1. The van der Waals surface area contributed by atoms with Gasteiger partial charge < -0.3 is 19.6 Å². The van der Waals surface area contributed by atoms with Crippen molar-refractivity contribution in [3.63, 3.8) is 0 Å². The summed E-state index contributed by atoms with van der Waals surface area (Å²) in [5, 5.41) is 7.07. The number of hydrogen-bond donors (Lipinski definition) is 1. The summed E-state index contributed by atoms with van der Waals surface area (Å²) < 4.78 is 5.12. The van der Waals surface area contributed by atoms with Gasteiger partial charge >= 0.3 is 0 Å². The molecule has 0 saturated carbocycles. The van der Waals surface area contributed by atoms with E-state index in [0.717, 1.165) is 19.0 Å². The Bertz CT molecular complexity index is 622. The van der Waals surface area contributed by atoms with Crippen LogP contribution in [0.1, 0.15) is 46.3 Å². The molecular formula is C17H30N6O2. The number of nitrogens with zero attached hydrogens (tertiary/aromatic N) is 5. The lowest BCUT2D eigenvalue weighted by Gasteiger charge is -2.49. The van der Waals surface area contributed by atoms with Crippen LogP contribution in [0.2, 0.25) is 0 Å². The van der Waals surface area contributed by atoms with E-state index in [1.165, 1.54) is 0 Å². The molecule has 1 aromatic heterocycles. The number of aliphatic imine (C=N–C) groups is 1. The Morgan fingerprint density at radius 1 is 1.44 bits per heavy atom. The molecule has 0 bridgehead atoms. The molecule has 140 valence electrons. The fraction of sp³-hybridized carbons (Fsp3) is 0.765. The van der Waals surface area contributed by atoms with Gasteiger partial charge in [-0.2, -0.15) is 4.98 Å². The third-order valence-electron chi connectivity index (χ3n) is 4.13. The first kappa shape index (κ1) is 19.2. The molecule has 8 heteroatoms. The maximum absolute atomic E-state index is 12.6. The summed E-state index contributed by atoms with van der Waals surface area (Å²) in [4.78, 5) is 25.5. The highest BCUT2D eigenvalue weighted by molar-refractivity contribution is 5.88. The summed E-state index contributed by atoms with van der Waals surface area (Å²) in [7, 11) is 0. The van der Waals surface area contributed by atoms with Gasteiger partial charge in [-0.1, -0.05) is 5.16 Å². The Morgan fingerprint density at radius 2 is 2.16 bits per heavy atom. The van der Waals surface area contributed by atoms with Crippen molar-refractivity contribution in [2.24, 2.45) is 4.99 Å². The van der Waals surface area contributed by atoms with Crippen LogP contribution in [-0.2, 0) is 11.2 Å². The highest BCUT2D eigenvalue weighted by Crippen LogP contribution is 2.24. The lowest BCUT2D eigenvalue weighted by Crippen LogP contribution is -2.66. The van der Waals surface area contributed by atoms with Crippen LogP contribution in [0.3, 0.4) is 0 Å². The molecule has 0 unspecified atom stereocenters. The summed E-state index contributed by atoms with van der Waals surface area (Å²) >= 11 is 0. The van der Waals surface area contributed by atoms with E-state index >= 15 is 0 Å². The lowest BCUT2D eigenvalue weighted by molar-refractivity contribution is -0.145. The first-order chi connectivity index (χ1) is 11.7. The molecule has 1 N–H and O–H groups in total. The van der Waals surface area contributed by atoms with Crippen LogP contribution in [0, 0.1) is 6.92 Å². The number of piperazine rings is 1. The van der Waals surface area contributed by atoms with Gasteiger partial charge in [0.2, 0.25) is 11.8 Å². The van der Waals surface area contributed by atoms with E-state index in [-0.39, 0.29) is 17.5 Å². The molecule has 1 saturated heterocycles. The van der Waals surface area contributed by atoms with Crippen molar-refractivity contribution >= 4 is 11.9 Å². The van der Waals surface area contributed by atoms with E-state index < -0.39 is 0 Å². The molecule has 25 heavy (non-hydrogen) atoms. The van der Waals surface area contributed by atoms with E-state index in [2.05, 4.69) is 48.1 Å². The molecule has 1 aliphatic heterocycles. The predicted molar refractivity (Wildman–Crippen MR) is 96.4 cm³/mol. The van der Waals surface area contributed by atoms with Crippen LogP contribution in [0.4, 0.5) is 0 Å². The zero-order chi connectivity index (χ0) is 18.6. The third-order valence-corrected chi connectivity index (χ3v) is 4.13. The zero-order valence-electron chi connectivity index (χ0n) is 16.2. The minimum Gasteiger partial charge on any atom is -0.357 e. The number of carbonyl (C=O) groups is 1. The predicted octanol–water partition coefficient (Wildman–Crippen LogP) is 1.22. The number of guanidine groups is 1. The highest BCUT2D eigenvalue weighted by atomic mass is 16.5. The highest BCUT2D eigenvalue weighted by Gasteiger charge is 2.40. The van der Waals surface area contributed by atoms with Crippen molar-refractivity contribution in [2.45, 2.75) is 59.5 Å². The van der Waals surface area contributed by atoms with Crippen molar-refractivity contribution < 1.29 is 9.32 Å². The summed E-state index contributed by atoms with van der Waals surface area (Å²) in [6.07, 6.45) is 0.582. The van der Waals surface area contributed by atoms with Gasteiger partial charge in [0.25, 0.3) is 0 Å². The summed E-state index contributed by atoms with van der Waals surface area (Å²) in [6.45, 7) is 14.5. The molecule has 0 aromatic carbocycles. The number of rotatable bonds is 5. The van der Waals surface area contributed by atoms with Crippen LogP contribution in [0.5, 0.6) is 0 Å². The van der Waals surface area contributed by atoms with E-state index in [1.807, 2.05) is 16.7 Å². The Kier molecular flexibility index (Phi) is 6.02. The fourth-order valence-electron chi connectivity index (χ4n) is 3.44. The van der Waals surface area contributed by atoms with Gasteiger partial charge in [0.1, 0.15) is 0 Å². The van der Waals surface area contributed by atoms with Crippen molar-refractivity contribution in [2.75, 3.05) is 26.2 Å². The molecule has 0 spiro atoms. The van der Waals surface area contributed by atoms with Gasteiger partial charge in [-0.25, -0.2) is 0 Å². The maximum atomic E-state index is 12.6. The van der Waals surface area contributed by atoms with Gasteiger partial charge in [-0.15, -0.1) is 0 Å². The van der Waals surface area contributed by atoms with Gasteiger partial charge in [-0.3, -0.25) is 9.79 Å². The first-order valence-electron chi connectivity index (χ1n) is 8.89. The Labute approximate surface area is 149 Å². The van der Waals surface area contributed by atoms with E-state index in [0.29, 0.717) is 31.2 Å². The topological polar surface area (TPSA) is 86.9 Å². The van der Waals surface area contributed by atoms with Crippen LogP contribution < -0.4 is 5.32 Å². The van der Waals surface area contributed by atoms with Crippen molar-refractivity contribution in [1.29, 1.82) is 0 Å². The number of amides is 1. The summed E-state index contributed by atoms with van der Waals surface area (Å²) in [5.41, 5.74) is -0.247. The van der Waals surface area contributed by atoms with Gasteiger partial charge in [0.15, 0.2) is 11.8 Å². The van der Waals surface area contributed by atoms with Gasteiger partial charge in [0.05, 0.1) is 18.6 Å². The van der Waals surface area contributed by atoms with Gasteiger partial charge in [0, 0.05) is 25.6 Å². The molecule has 0 atom stereocenters. The quantitative estimate of drug-likeness (QED) is 0.635. The second-order valence-electron chi connectivity index (χ2n) is 7.25. The average Bonchev–Trinajstić information content (AvgIpc) is 2.89. The van der Waals surface area contributed by atoms with Crippen LogP contribution in [-0.4, -0.2) is 69.6 Å². The van der Waals surface area contributed by atoms with Crippen LogP contribution >= 0.6 is 0 Å². The molecule has 1 aromatic rings. The summed E-state index contributed by atoms with van der Waals surface area (Å²) in [5.74, 6) is 2.09. The minimum absolute atomic E-state index is 0.129. The number of aromatic nitrogens is 2. The average molecular weight is 350 g/mol. The second-order valence-corrected chi connectivity index (χ2v) is 7.25. The first-order valence-corrected chi connectivity index (χ1v) is 8.89. The zero-order valence-corrected chi connectivity index (χ0v) is 16.2. The largest absolute Gasteiger partial charge is 0.357 e. The van der Waals surface area contributed by atoms with Crippen LogP contribution in [0.15, 0.2) is 9.52 Å². The smallest absolute Gasteiger partial charge is 0.242 e. The second kappa shape index (κ2) is 7.84. The SMILES string of the molecule is CCNC(=NCCc1nc(C)no1)N1CC(=O)N(C(C)C)C(C)(C)C1. The molecule has 1 amide bonds. The standard InChI is InChI=1S/C17H30N6O2/c1-7-18-16(19-9-8-14-20-13(4)21-25-14)22-10-15(24)23(12(2)3)17(5,6)11-22/h12H,7-11H2,1-6H3,(H,18,19). The van der Waals surface area contributed by atoms with Crippen molar-refractivity contribution in [3.8, 4) is 0 Å². The van der Waals surface area contributed by atoms with Crippen molar-refractivity contribution in [1.82, 2.24) is 25.3 Å². The van der Waals surface area contributed by atoms with E-state index in [1.54, 1.807) is 6.92 Å². The number of hydrogen-bond acceptors (Lipinski definition) is 5.